The fraction of sp³-hybridized carbons (Fsp3) is 0.292. The predicted molar refractivity (Wildman–Crippen MR) is 134 cm³/mol. The summed E-state index contributed by atoms with van der Waals surface area (Å²) in [5.74, 6) is -2.45. The fourth-order valence-corrected chi connectivity index (χ4v) is 5.49. The van der Waals surface area contributed by atoms with Crippen LogP contribution in [-0.2, 0) is 47.9 Å². The largest absolute Gasteiger partial charge is 0.460 e. The molecule has 2 aromatic rings. The molecule has 3 atom stereocenters. The zero-order valence-electron chi connectivity index (χ0n) is 20.2. The smallest absolute Gasteiger partial charge is 0.356 e. The number of esters is 2. The van der Waals surface area contributed by atoms with E-state index in [9.17, 15) is 38.8 Å². The third-order valence-electron chi connectivity index (χ3n) is 6.12. The second-order valence-electron chi connectivity index (χ2n) is 8.75. The van der Waals surface area contributed by atoms with Gasteiger partial charge in [0, 0.05) is 42.0 Å². The summed E-state index contributed by atoms with van der Waals surface area (Å²) in [6.45, 7) is -0.439. The SMILES string of the molecule is NC(CS(=O)C1=C(C(=O)OCc2ccc([N+](=O)[O-])cc2)N2C(=O)CC2C1)C(=O)OCc1ccc([N+](=O)[O-])cc1. The number of non-ortho nitro benzene ring substituents is 2. The van der Waals surface area contributed by atoms with Crippen molar-refractivity contribution in [3.63, 3.8) is 0 Å². The lowest BCUT2D eigenvalue weighted by Gasteiger charge is -2.35. The molecule has 2 aromatic carbocycles. The molecule has 2 aliphatic rings. The molecule has 204 valence electrons. The number of carbonyl (C=O) groups is 3. The molecule has 0 aromatic heterocycles. The summed E-state index contributed by atoms with van der Waals surface area (Å²) in [5, 5.41) is 21.5. The Morgan fingerprint density at radius 2 is 1.46 bits per heavy atom. The van der Waals surface area contributed by atoms with Gasteiger partial charge in [0.25, 0.3) is 11.4 Å². The monoisotopic (exact) mass is 558 g/mol. The first-order valence-corrected chi connectivity index (χ1v) is 12.9. The number of β-lactam (4-membered cyclic amide) rings is 1. The van der Waals surface area contributed by atoms with Gasteiger partial charge in [-0.15, -0.1) is 0 Å². The normalized spacial score (nSPS) is 17.6. The van der Waals surface area contributed by atoms with Crippen LogP contribution in [0.4, 0.5) is 11.4 Å². The number of hydrogen-bond acceptors (Lipinski definition) is 11. The second kappa shape index (κ2) is 11.5. The van der Waals surface area contributed by atoms with Crippen molar-refractivity contribution in [2.45, 2.75) is 38.1 Å². The average Bonchev–Trinajstić information content (AvgIpc) is 3.23. The quantitative estimate of drug-likeness (QED) is 0.181. The van der Waals surface area contributed by atoms with Gasteiger partial charge in [0.05, 0.1) is 32.4 Å². The summed E-state index contributed by atoms with van der Waals surface area (Å²) in [7, 11) is -1.92. The number of carbonyl (C=O) groups excluding carboxylic acids is 3. The highest BCUT2D eigenvalue weighted by Gasteiger charge is 2.49. The first kappa shape index (κ1) is 27.5. The van der Waals surface area contributed by atoms with Crippen LogP contribution in [0.15, 0.2) is 59.1 Å². The zero-order valence-corrected chi connectivity index (χ0v) is 21.0. The van der Waals surface area contributed by atoms with Crippen LogP contribution in [0.5, 0.6) is 0 Å². The van der Waals surface area contributed by atoms with E-state index < -0.39 is 38.6 Å². The van der Waals surface area contributed by atoms with E-state index in [2.05, 4.69) is 0 Å². The molecular weight excluding hydrogens is 536 g/mol. The third kappa shape index (κ3) is 6.15. The highest BCUT2D eigenvalue weighted by Crippen LogP contribution is 2.40. The van der Waals surface area contributed by atoms with Crippen LogP contribution in [0.3, 0.4) is 0 Å². The molecule has 0 spiro atoms. The minimum absolute atomic E-state index is 0.118. The first-order valence-electron chi connectivity index (χ1n) is 11.5. The van der Waals surface area contributed by atoms with Crippen molar-refractivity contribution in [2.24, 2.45) is 5.73 Å². The van der Waals surface area contributed by atoms with Crippen LogP contribution in [0.2, 0.25) is 0 Å². The van der Waals surface area contributed by atoms with Gasteiger partial charge in [0.2, 0.25) is 5.91 Å². The predicted octanol–water partition coefficient (Wildman–Crippen LogP) is 1.58. The molecule has 1 fully saturated rings. The molecule has 2 aliphatic heterocycles. The maximum Gasteiger partial charge on any atom is 0.356 e. The van der Waals surface area contributed by atoms with E-state index >= 15 is 0 Å². The Morgan fingerprint density at radius 3 is 1.95 bits per heavy atom. The van der Waals surface area contributed by atoms with Gasteiger partial charge in [-0.3, -0.25) is 34.0 Å². The number of nitrogens with two attached hydrogens (primary N) is 1. The van der Waals surface area contributed by atoms with E-state index in [-0.39, 0.29) is 65.7 Å². The molecule has 0 radical (unpaired) electrons. The molecule has 2 heterocycles. The van der Waals surface area contributed by atoms with Gasteiger partial charge < -0.3 is 20.1 Å². The number of nitro groups is 2. The standard InChI is InChI=1S/C24H22N4O10S/c25-19(23(30)37-11-14-1-5-16(6-2-14)27(32)33)13-39(36)20-9-18-10-21(29)26(18)22(20)24(31)38-12-15-3-7-17(8-4-15)28(34)35/h1-8,18-19H,9-13,25H2. The van der Waals surface area contributed by atoms with Gasteiger partial charge in [-0.05, 0) is 35.4 Å². The Morgan fingerprint density at radius 1 is 0.949 bits per heavy atom. The Balaban J connectivity index is 1.38. The van der Waals surface area contributed by atoms with E-state index in [1.54, 1.807) is 0 Å². The Hall–Kier alpha value is -4.50. The number of nitrogens with zero attached hydrogens (tertiary/aromatic N) is 3. The Labute approximate surface area is 223 Å². The lowest BCUT2D eigenvalue weighted by molar-refractivity contribution is -0.385. The number of nitro benzene ring substituents is 2. The molecule has 39 heavy (non-hydrogen) atoms. The van der Waals surface area contributed by atoms with Crippen molar-refractivity contribution in [1.82, 2.24) is 4.90 Å². The number of hydrogen-bond donors (Lipinski definition) is 1. The second-order valence-corrected chi connectivity index (χ2v) is 10.3. The number of fused-ring (bicyclic) bond motifs is 1. The molecule has 0 saturated carbocycles. The molecule has 14 nitrogen and oxygen atoms in total. The molecule has 15 heteroatoms. The maximum absolute atomic E-state index is 13.1. The molecular formula is C24H22N4O10S. The summed E-state index contributed by atoms with van der Waals surface area (Å²) >= 11 is 0. The topological polar surface area (TPSA) is 202 Å². The van der Waals surface area contributed by atoms with Gasteiger partial charge in [-0.2, -0.15) is 0 Å². The van der Waals surface area contributed by atoms with Crippen LogP contribution in [-0.4, -0.2) is 54.6 Å². The molecule has 4 rings (SSSR count). The van der Waals surface area contributed by atoms with Gasteiger partial charge in [-0.1, -0.05) is 0 Å². The minimum atomic E-state index is -1.92. The minimum Gasteiger partial charge on any atom is -0.460 e. The zero-order chi connectivity index (χ0) is 28.3. The molecule has 1 amide bonds. The molecule has 0 bridgehead atoms. The lowest BCUT2D eigenvalue weighted by atomic mass is 10.0. The van der Waals surface area contributed by atoms with Crippen LogP contribution in [0, 0.1) is 20.2 Å². The van der Waals surface area contributed by atoms with Crippen molar-refractivity contribution in [2.75, 3.05) is 5.75 Å². The Bertz CT molecular complexity index is 1390. The van der Waals surface area contributed by atoms with Crippen molar-refractivity contribution in [3.8, 4) is 0 Å². The van der Waals surface area contributed by atoms with Gasteiger partial charge in [0.15, 0.2) is 0 Å². The van der Waals surface area contributed by atoms with Crippen LogP contribution >= 0.6 is 0 Å². The van der Waals surface area contributed by atoms with E-state index in [0.717, 1.165) is 0 Å². The van der Waals surface area contributed by atoms with Gasteiger partial charge in [0.1, 0.15) is 25.0 Å². The van der Waals surface area contributed by atoms with Crippen LogP contribution < -0.4 is 5.73 Å². The molecule has 2 N–H and O–H groups in total. The average molecular weight is 559 g/mol. The summed E-state index contributed by atoms with van der Waals surface area (Å²) in [4.78, 5) is 59.2. The number of benzene rings is 2. The highest BCUT2D eigenvalue weighted by atomic mass is 32.2. The van der Waals surface area contributed by atoms with Crippen LogP contribution in [0.1, 0.15) is 24.0 Å². The van der Waals surface area contributed by atoms with Crippen molar-refractivity contribution >= 4 is 40.0 Å². The number of amides is 1. The summed E-state index contributed by atoms with van der Waals surface area (Å²) in [6, 6.07) is 9.09. The van der Waals surface area contributed by atoms with E-state index in [1.165, 1.54) is 53.4 Å². The number of rotatable bonds is 11. The fourth-order valence-electron chi connectivity index (χ4n) is 4.05. The third-order valence-corrected chi connectivity index (χ3v) is 7.69. The maximum atomic E-state index is 13.1. The van der Waals surface area contributed by atoms with E-state index in [4.69, 9.17) is 15.2 Å². The summed E-state index contributed by atoms with van der Waals surface area (Å²) < 4.78 is 23.6. The molecule has 1 saturated heterocycles. The molecule has 3 unspecified atom stereocenters. The van der Waals surface area contributed by atoms with E-state index in [0.29, 0.717) is 11.1 Å². The van der Waals surface area contributed by atoms with Crippen molar-refractivity contribution in [3.05, 3.63) is 90.5 Å². The summed E-state index contributed by atoms with van der Waals surface area (Å²) in [6.07, 6.45) is 0.327. The van der Waals surface area contributed by atoms with Gasteiger partial charge >= 0.3 is 11.9 Å². The first-order chi connectivity index (χ1) is 18.5. The van der Waals surface area contributed by atoms with Crippen LogP contribution in [0.25, 0.3) is 0 Å². The van der Waals surface area contributed by atoms with Crippen molar-refractivity contribution in [1.29, 1.82) is 0 Å². The molecule has 0 aliphatic carbocycles. The number of ether oxygens (including phenoxy) is 2. The van der Waals surface area contributed by atoms with Gasteiger partial charge in [-0.25, -0.2) is 4.79 Å². The van der Waals surface area contributed by atoms with Crippen molar-refractivity contribution < 1.29 is 37.9 Å². The Kier molecular flexibility index (Phi) is 8.11. The highest BCUT2D eigenvalue weighted by molar-refractivity contribution is 7.89. The lowest BCUT2D eigenvalue weighted by Crippen LogP contribution is -2.49. The summed E-state index contributed by atoms with van der Waals surface area (Å²) in [5.41, 5.74) is 6.46. The van der Waals surface area contributed by atoms with E-state index in [1.807, 2.05) is 0 Å².